The highest BCUT2D eigenvalue weighted by atomic mass is 35.5. The van der Waals surface area contributed by atoms with Crippen molar-refractivity contribution in [3.8, 4) is 0 Å². The Labute approximate surface area is 103 Å². The summed E-state index contributed by atoms with van der Waals surface area (Å²) in [6.07, 6.45) is 4.48. The molecule has 2 fully saturated rings. The summed E-state index contributed by atoms with van der Waals surface area (Å²) < 4.78 is 11.8. The Morgan fingerprint density at radius 3 is 2.94 bits per heavy atom. The van der Waals surface area contributed by atoms with Crippen LogP contribution >= 0.6 is 11.6 Å². The van der Waals surface area contributed by atoms with Crippen LogP contribution in [0.1, 0.15) is 32.6 Å². The molecule has 3 nitrogen and oxygen atoms in total. The molecule has 94 valence electrons. The highest BCUT2D eigenvalue weighted by molar-refractivity contribution is 6.18. The van der Waals surface area contributed by atoms with Crippen LogP contribution in [-0.2, 0) is 9.47 Å². The van der Waals surface area contributed by atoms with Crippen molar-refractivity contribution in [1.82, 2.24) is 4.90 Å². The molecule has 0 aliphatic carbocycles. The van der Waals surface area contributed by atoms with E-state index in [9.17, 15) is 0 Å². The second-order valence-electron chi connectivity index (χ2n) is 4.81. The zero-order valence-electron chi connectivity index (χ0n) is 10.1. The summed E-state index contributed by atoms with van der Waals surface area (Å²) in [5, 5.41) is 0. The summed E-state index contributed by atoms with van der Waals surface area (Å²) in [4.78, 5) is 2.51. The van der Waals surface area contributed by atoms with Gasteiger partial charge >= 0.3 is 0 Å². The predicted octanol–water partition coefficient (Wildman–Crippen LogP) is 2.23. The molecule has 16 heavy (non-hydrogen) atoms. The Morgan fingerprint density at radius 1 is 1.38 bits per heavy atom. The van der Waals surface area contributed by atoms with Gasteiger partial charge in [0.05, 0.1) is 18.6 Å². The number of halogens is 1. The molecule has 0 aromatic rings. The molecule has 2 aliphatic heterocycles. The van der Waals surface area contributed by atoms with Crippen LogP contribution in [-0.4, -0.2) is 48.9 Å². The van der Waals surface area contributed by atoms with Gasteiger partial charge in [0.2, 0.25) is 0 Å². The van der Waals surface area contributed by atoms with E-state index in [4.69, 9.17) is 21.1 Å². The quantitative estimate of drug-likeness (QED) is 0.714. The molecule has 0 saturated carbocycles. The molecule has 0 aromatic heterocycles. The van der Waals surface area contributed by atoms with E-state index in [1.807, 2.05) is 0 Å². The van der Waals surface area contributed by atoms with Crippen molar-refractivity contribution in [1.29, 1.82) is 0 Å². The maximum absolute atomic E-state index is 5.96. The molecule has 0 radical (unpaired) electrons. The van der Waals surface area contributed by atoms with Crippen molar-refractivity contribution < 1.29 is 9.47 Å². The number of alkyl halides is 1. The van der Waals surface area contributed by atoms with Crippen molar-refractivity contribution in [2.75, 3.05) is 32.1 Å². The second kappa shape index (κ2) is 5.67. The minimum absolute atomic E-state index is 0.0967. The van der Waals surface area contributed by atoms with Crippen molar-refractivity contribution in [2.24, 2.45) is 0 Å². The van der Waals surface area contributed by atoms with Crippen LogP contribution in [0.4, 0.5) is 0 Å². The van der Waals surface area contributed by atoms with Crippen molar-refractivity contribution in [3.05, 3.63) is 0 Å². The third-order valence-corrected chi connectivity index (χ3v) is 3.81. The lowest BCUT2D eigenvalue weighted by Gasteiger charge is -2.26. The minimum atomic E-state index is -0.317. The van der Waals surface area contributed by atoms with Crippen LogP contribution in [0.5, 0.6) is 0 Å². The van der Waals surface area contributed by atoms with Gasteiger partial charge in [0, 0.05) is 19.4 Å². The zero-order valence-corrected chi connectivity index (χ0v) is 10.8. The number of hydrogen-bond acceptors (Lipinski definition) is 3. The smallest absolute Gasteiger partial charge is 0.170 e. The monoisotopic (exact) mass is 247 g/mol. The average molecular weight is 248 g/mol. The highest BCUT2D eigenvalue weighted by Crippen LogP contribution is 2.34. The summed E-state index contributed by atoms with van der Waals surface area (Å²) in [7, 11) is 0. The van der Waals surface area contributed by atoms with Crippen LogP contribution in [0.15, 0.2) is 0 Å². The minimum Gasteiger partial charge on any atom is -0.347 e. The van der Waals surface area contributed by atoms with Crippen LogP contribution in [0.3, 0.4) is 0 Å². The molecule has 2 unspecified atom stereocenters. The van der Waals surface area contributed by atoms with Gasteiger partial charge in [0.1, 0.15) is 0 Å². The van der Waals surface area contributed by atoms with E-state index in [-0.39, 0.29) is 11.9 Å². The van der Waals surface area contributed by atoms with Crippen molar-refractivity contribution >= 4 is 11.6 Å². The second-order valence-corrected chi connectivity index (χ2v) is 5.12. The van der Waals surface area contributed by atoms with E-state index in [1.165, 1.54) is 19.5 Å². The van der Waals surface area contributed by atoms with Gasteiger partial charge in [-0.05, 0) is 25.9 Å². The zero-order chi connectivity index (χ0) is 11.4. The summed E-state index contributed by atoms with van der Waals surface area (Å²) >= 11 is 5.81. The Kier molecular flexibility index (Phi) is 4.48. The van der Waals surface area contributed by atoms with Crippen molar-refractivity contribution in [3.63, 3.8) is 0 Å². The van der Waals surface area contributed by atoms with Gasteiger partial charge in [0.25, 0.3) is 0 Å². The van der Waals surface area contributed by atoms with E-state index in [0.29, 0.717) is 12.5 Å². The summed E-state index contributed by atoms with van der Waals surface area (Å²) in [5.74, 6) is 0.225. The lowest BCUT2D eigenvalue weighted by atomic mass is 10.1. The van der Waals surface area contributed by atoms with E-state index in [0.717, 1.165) is 25.8 Å². The van der Waals surface area contributed by atoms with Gasteiger partial charge in [0.15, 0.2) is 5.79 Å². The molecule has 2 heterocycles. The summed E-state index contributed by atoms with van der Waals surface area (Å²) in [5.41, 5.74) is 0. The van der Waals surface area contributed by atoms with E-state index >= 15 is 0 Å². The van der Waals surface area contributed by atoms with Gasteiger partial charge < -0.3 is 14.4 Å². The van der Waals surface area contributed by atoms with E-state index in [1.54, 1.807) is 0 Å². The Balaban J connectivity index is 1.88. The van der Waals surface area contributed by atoms with E-state index in [2.05, 4.69) is 11.8 Å². The number of rotatable bonds is 3. The van der Waals surface area contributed by atoms with Gasteiger partial charge in [-0.15, -0.1) is 11.6 Å². The maximum Gasteiger partial charge on any atom is 0.170 e. The van der Waals surface area contributed by atoms with Crippen LogP contribution < -0.4 is 0 Å². The molecule has 1 spiro atoms. The fraction of sp³-hybridized carbons (Fsp3) is 1.00. The van der Waals surface area contributed by atoms with Crippen LogP contribution in [0.2, 0.25) is 0 Å². The summed E-state index contributed by atoms with van der Waals surface area (Å²) in [6, 6.07) is 0. The third kappa shape index (κ3) is 2.89. The first-order chi connectivity index (χ1) is 7.78. The lowest BCUT2D eigenvalue weighted by molar-refractivity contribution is -0.172. The number of likely N-dealkylation sites (tertiary alicyclic amines) is 1. The average Bonchev–Trinajstić information content (AvgIpc) is 2.59. The molecule has 0 aromatic carbocycles. The largest absolute Gasteiger partial charge is 0.347 e. The van der Waals surface area contributed by atoms with Crippen molar-refractivity contribution in [2.45, 2.75) is 44.5 Å². The standard InChI is InChI=1S/C12H22ClNO2/c1-2-6-14-7-3-4-12(5-8-14)15-10-11(9-13)16-12/h11H,2-10H2,1H3. The van der Waals surface area contributed by atoms with E-state index < -0.39 is 0 Å². The normalized spacial score (nSPS) is 36.8. The Hall–Kier alpha value is 0.170. The fourth-order valence-electron chi connectivity index (χ4n) is 2.63. The molecule has 0 N–H and O–H groups in total. The van der Waals surface area contributed by atoms with Gasteiger partial charge in [-0.1, -0.05) is 6.92 Å². The molecule has 2 saturated heterocycles. The molecular weight excluding hydrogens is 226 g/mol. The van der Waals surface area contributed by atoms with Gasteiger partial charge in [-0.3, -0.25) is 0 Å². The maximum atomic E-state index is 5.96. The topological polar surface area (TPSA) is 21.7 Å². The molecule has 0 bridgehead atoms. The third-order valence-electron chi connectivity index (χ3n) is 3.47. The molecule has 2 atom stereocenters. The fourth-order valence-corrected chi connectivity index (χ4v) is 2.78. The predicted molar refractivity (Wildman–Crippen MR) is 64.9 cm³/mol. The Bertz CT molecular complexity index is 227. The number of ether oxygens (including phenoxy) is 2. The van der Waals surface area contributed by atoms with Gasteiger partial charge in [-0.2, -0.15) is 0 Å². The van der Waals surface area contributed by atoms with Crippen LogP contribution in [0.25, 0.3) is 0 Å². The molecular formula is C12H22ClNO2. The first kappa shape index (κ1) is 12.6. The molecule has 2 rings (SSSR count). The molecule has 2 aliphatic rings. The summed E-state index contributed by atoms with van der Waals surface area (Å²) in [6.45, 7) is 6.34. The Morgan fingerprint density at radius 2 is 2.25 bits per heavy atom. The SMILES string of the molecule is CCCN1CCCC2(CC1)OCC(CCl)O2. The molecule has 0 amide bonds. The first-order valence-corrected chi connectivity index (χ1v) is 6.91. The first-order valence-electron chi connectivity index (χ1n) is 6.38. The number of nitrogens with zero attached hydrogens (tertiary/aromatic N) is 1. The lowest BCUT2D eigenvalue weighted by Crippen LogP contribution is -2.33. The highest BCUT2D eigenvalue weighted by Gasteiger charge is 2.41. The number of hydrogen-bond donors (Lipinski definition) is 0. The van der Waals surface area contributed by atoms with Crippen LogP contribution in [0, 0.1) is 0 Å². The molecule has 4 heteroatoms. The van der Waals surface area contributed by atoms with Gasteiger partial charge in [-0.25, -0.2) is 0 Å².